The van der Waals surface area contributed by atoms with Gasteiger partial charge in [-0.15, -0.1) is 0 Å². The molecule has 0 bridgehead atoms. The van der Waals surface area contributed by atoms with Crippen molar-refractivity contribution in [1.29, 1.82) is 0 Å². The lowest BCUT2D eigenvalue weighted by Gasteiger charge is -2.40. The number of rotatable bonds is 4. The highest BCUT2D eigenvalue weighted by Gasteiger charge is 2.38. The molecule has 1 aromatic carbocycles. The molecule has 6 heteroatoms. The van der Waals surface area contributed by atoms with E-state index >= 15 is 0 Å². The molecule has 2 heterocycles. The third-order valence-electron chi connectivity index (χ3n) is 6.43. The maximum atomic E-state index is 13.3. The van der Waals surface area contributed by atoms with Crippen LogP contribution < -0.4 is 0 Å². The highest BCUT2D eigenvalue weighted by atomic mass is 32.2. The zero-order valence-electron chi connectivity index (χ0n) is 16.0. The quantitative estimate of drug-likeness (QED) is 0.792. The number of hydrogen-bond acceptors (Lipinski definition) is 4. The maximum Gasteiger partial charge on any atom is 0.237 e. The van der Waals surface area contributed by atoms with Crippen LogP contribution in [-0.2, 0) is 27.6 Å². The topological polar surface area (TPSA) is 57.7 Å². The Bertz CT molecular complexity index is 786. The summed E-state index contributed by atoms with van der Waals surface area (Å²) in [6, 6.07) is 8.55. The maximum absolute atomic E-state index is 13.3. The fourth-order valence-corrected chi connectivity index (χ4v) is 6.73. The summed E-state index contributed by atoms with van der Waals surface area (Å²) < 4.78 is 24.1. The van der Waals surface area contributed by atoms with Gasteiger partial charge < -0.3 is 4.90 Å². The summed E-state index contributed by atoms with van der Waals surface area (Å²) in [6.45, 7) is 2.11. The molecule has 148 valence electrons. The lowest BCUT2D eigenvalue weighted by molar-refractivity contribution is -0.138. The van der Waals surface area contributed by atoms with Crippen molar-refractivity contribution in [3.8, 4) is 0 Å². The van der Waals surface area contributed by atoms with Gasteiger partial charge in [-0.25, -0.2) is 8.42 Å². The van der Waals surface area contributed by atoms with Gasteiger partial charge >= 0.3 is 0 Å². The molecule has 0 aromatic heterocycles. The average Bonchev–Trinajstić information content (AvgIpc) is 3.02. The third kappa shape index (κ3) is 4.37. The van der Waals surface area contributed by atoms with E-state index in [4.69, 9.17) is 0 Å². The van der Waals surface area contributed by atoms with Crippen molar-refractivity contribution in [2.45, 2.75) is 63.6 Å². The molecule has 0 radical (unpaired) electrons. The molecule has 2 fully saturated rings. The van der Waals surface area contributed by atoms with Crippen LogP contribution in [0.5, 0.6) is 0 Å². The van der Waals surface area contributed by atoms with Crippen LogP contribution in [0.4, 0.5) is 0 Å². The Morgan fingerprint density at radius 3 is 2.48 bits per heavy atom. The number of fused-ring (bicyclic) bond motifs is 1. The first kappa shape index (κ1) is 18.9. The fourth-order valence-electron chi connectivity index (χ4n) is 5.02. The molecule has 2 aliphatic heterocycles. The number of benzene rings is 1. The normalized spacial score (nSPS) is 25.9. The zero-order valence-corrected chi connectivity index (χ0v) is 16.8. The lowest BCUT2D eigenvalue weighted by Crippen LogP contribution is -2.52. The number of carbonyl (C=O) groups is 1. The Kier molecular flexibility index (Phi) is 5.55. The van der Waals surface area contributed by atoms with Crippen molar-refractivity contribution in [2.75, 3.05) is 24.6 Å². The SMILES string of the molecule is O=C(CN1CCc2ccccc2C1)N(C1CCCCC1)[C@H]1CCS(=O)(=O)C1. The van der Waals surface area contributed by atoms with E-state index in [9.17, 15) is 13.2 Å². The van der Waals surface area contributed by atoms with E-state index in [0.717, 1.165) is 45.2 Å². The molecule has 27 heavy (non-hydrogen) atoms. The Hall–Kier alpha value is -1.40. The number of sulfone groups is 1. The second-order valence-electron chi connectivity index (χ2n) is 8.38. The molecule has 1 amide bonds. The molecule has 1 aromatic rings. The standard InChI is InChI=1S/C21H30N2O3S/c24-21(15-22-12-10-17-6-4-5-7-18(17)14-22)23(19-8-2-1-3-9-19)20-11-13-27(25,26)16-20/h4-7,19-20H,1-3,8-16H2/t20-/m0/s1. The summed E-state index contributed by atoms with van der Waals surface area (Å²) in [6.07, 6.45) is 7.13. The van der Waals surface area contributed by atoms with Gasteiger partial charge in [0.05, 0.1) is 18.1 Å². The minimum Gasteiger partial charge on any atom is -0.335 e. The van der Waals surface area contributed by atoms with Gasteiger partial charge in [0.1, 0.15) is 0 Å². The fraction of sp³-hybridized carbons (Fsp3) is 0.667. The van der Waals surface area contributed by atoms with E-state index in [1.807, 2.05) is 4.90 Å². The largest absolute Gasteiger partial charge is 0.335 e. The van der Waals surface area contributed by atoms with Gasteiger partial charge in [0.15, 0.2) is 9.84 Å². The van der Waals surface area contributed by atoms with E-state index in [0.29, 0.717) is 13.0 Å². The van der Waals surface area contributed by atoms with Crippen LogP contribution in [0.1, 0.15) is 49.7 Å². The lowest BCUT2D eigenvalue weighted by atomic mass is 9.92. The summed E-state index contributed by atoms with van der Waals surface area (Å²) >= 11 is 0. The van der Waals surface area contributed by atoms with Gasteiger partial charge in [-0.05, 0) is 36.8 Å². The van der Waals surface area contributed by atoms with Crippen LogP contribution in [0.25, 0.3) is 0 Å². The van der Waals surface area contributed by atoms with Crippen LogP contribution in [0.3, 0.4) is 0 Å². The molecule has 4 rings (SSSR count). The molecular weight excluding hydrogens is 360 g/mol. The average molecular weight is 391 g/mol. The molecule has 1 aliphatic carbocycles. The van der Waals surface area contributed by atoms with Crippen molar-refractivity contribution >= 4 is 15.7 Å². The van der Waals surface area contributed by atoms with Crippen molar-refractivity contribution in [1.82, 2.24) is 9.80 Å². The van der Waals surface area contributed by atoms with Crippen molar-refractivity contribution in [3.05, 3.63) is 35.4 Å². The van der Waals surface area contributed by atoms with Crippen molar-refractivity contribution < 1.29 is 13.2 Å². The Balaban J connectivity index is 1.47. The van der Waals surface area contributed by atoms with Crippen molar-refractivity contribution in [3.63, 3.8) is 0 Å². The summed E-state index contributed by atoms with van der Waals surface area (Å²) in [4.78, 5) is 17.5. The summed E-state index contributed by atoms with van der Waals surface area (Å²) in [5.74, 6) is 0.506. The van der Waals surface area contributed by atoms with E-state index < -0.39 is 9.84 Å². The van der Waals surface area contributed by atoms with E-state index in [1.165, 1.54) is 17.5 Å². The minimum atomic E-state index is -2.99. The second kappa shape index (κ2) is 7.92. The monoisotopic (exact) mass is 390 g/mol. The predicted molar refractivity (Wildman–Crippen MR) is 106 cm³/mol. The van der Waals surface area contributed by atoms with Gasteiger partial charge in [0, 0.05) is 25.2 Å². The molecule has 1 saturated heterocycles. The number of carbonyl (C=O) groups excluding carboxylic acids is 1. The number of hydrogen-bond donors (Lipinski definition) is 0. The highest BCUT2D eigenvalue weighted by Crippen LogP contribution is 2.29. The van der Waals surface area contributed by atoms with Gasteiger partial charge in [0.25, 0.3) is 0 Å². The second-order valence-corrected chi connectivity index (χ2v) is 10.6. The molecule has 1 saturated carbocycles. The first-order valence-electron chi connectivity index (χ1n) is 10.3. The van der Waals surface area contributed by atoms with E-state index in [-0.39, 0.29) is 29.5 Å². The first-order valence-corrected chi connectivity index (χ1v) is 12.1. The molecule has 5 nitrogen and oxygen atoms in total. The summed E-state index contributed by atoms with van der Waals surface area (Å²) in [5.41, 5.74) is 2.69. The van der Waals surface area contributed by atoms with Crippen molar-refractivity contribution in [2.24, 2.45) is 0 Å². The Labute approximate surface area is 162 Å². The van der Waals surface area contributed by atoms with Crippen LogP contribution in [0.2, 0.25) is 0 Å². The Morgan fingerprint density at radius 2 is 1.78 bits per heavy atom. The van der Waals surface area contributed by atoms with Gasteiger partial charge in [0.2, 0.25) is 5.91 Å². The van der Waals surface area contributed by atoms with Crippen LogP contribution in [0.15, 0.2) is 24.3 Å². The van der Waals surface area contributed by atoms with Crippen LogP contribution >= 0.6 is 0 Å². The molecular formula is C21H30N2O3S. The Morgan fingerprint density at radius 1 is 1.04 bits per heavy atom. The predicted octanol–water partition coefficient (Wildman–Crippen LogP) is 2.39. The number of amides is 1. The molecule has 0 N–H and O–H groups in total. The summed E-state index contributed by atoms with van der Waals surface area (Å²) in [7, 11) is -2.99. The van der Waals surface area contributed by atoms with Gasteiger partial charge in [-0.1, -0.05) is 43.5 Å². The zero-order chi connectivity index (χ0) is 18.9. The van der Waals surface area contributed by atoms with Crippen LogP contribution in [-0.4, -0.2) is 60.8 Å². The molecule has 0 unspecified atom stereocenters. The smallest absolute Gasteiger partial charge is 0.237 e. The first-order chi connectivity index (χ1) is 13.0. The van der Waals surface area contributed by atoms with Gasteiger partial charge in [-0.2, -0.15) is 0 Å². The minimum absolute atomic E-state index is 0.123. The molecule has 3 aliphatic rings. The molecule has 0 spiro atoms. The third-order valence-corrected chi connectivity index (χ3v) is 8.18. The van der Waals surface area contributed by atoms with Gasteiger partial charge in [-0.3, -0.25) is 9.69 Å². The van der Waals surface area contributed by atoms with E-state index in [1.54, 1.807) is 0 Å². The van der Waals surface area contributed by atoms with E-state index in [2.05, 4.69) is 29.2 Å². The molecule has 1 atom stereocenters. The summed E-state index contributed by atoms with van der Waals surface area (Å²) in [5, 5.41) is 0. The highest BCUT2D eigenvalue weighted by molar-refractivity contribution is 7.91. The number of nitrogens with zero attached hydrogens (tertiary/aromatic N) is 2. The van der Waals surface area contributed by atoms with Crippen LogP contribution in [0, 0.1) is 0 Å².